The van der Waals surface area contributed by atoms with Gasteiger partial charge in [0.2, 0.25) is 0 Å². The molecule has 1 rings (SSSR count). The summed E-state index contributed by atoms with van der Waals surface area (Å²) in [5.74, 6) is -1.48. The van der Waals surface area contributed by atoms with Crippen molar-refractivity contribution in [1.29, 1.82) is 0 Å². The highest BCUT2D eigenvalue weighted by atomic mass is 35.5. The van der Waals surface area contributed by atoms with Crippen LogP contribution < -0.4 is 10.5 Å². The summed E-state index contributed by atoms with van der Waals surface area (Å²) in [7, 11) is 0. The number of hydrogen-bond acceptors (Lipinski definition) is 2. The minimum Gasteiger partial charge on any atom is -0.492 e. The summed E-state index contributed by atoms with van der Waals surface area (Å²) >= 11 is 10.6. The number of alkyl halides is 3. The Hall–Kier alpha value is -1.01. The van der Waals surface area contributed by atoms with E-state index in [0.717, 1.165) is 5.56 Å². The maximum atomic E-state index is 12.8. The molecule has 0 aromatic heterocycles. The number of ether oxygens (including phenoxy) is 1. The zero-order chi connectivity index (χ0) is 16.4. The van der Waals surface area contributed by atoms with Crippen molar-refractivity contribution >= 4 is 28.8 Å². The Bertz CT molecular complexity index is 532. The SMILES string of the molecule is Cc1cc(Cl)c(C(C)C)cc1OCC(C(N)=S)C(F)(F)F. The van der Waals surface area contributed by atoms with Crippen LogP contribution in [0.2, 0.25) is 5.02 Å². The van der Waals surface area contributed by atoms with Crippen molar-refractivity contribution in [2.75, 3.05) is 6.61 Å². The number of hydrogen-bond donors (Lipinski definition) is 1. The fourth-order valence-corrected chi connectivity index (χ4v) is 2.42. The largest absolute Gasteiger partial charge is 0.492 e. The van der Waals surface area contributed by atoms with E-state index in [1.807, 2.05) is 13.8 Å². The molecule has 0 amide bonds. The van der Waals surface area contributed by atoms with Crippen LogP contribution in [0.5, 0.6) is 5.75 Å². The van der Waals surface area contributed by atoms with Gasteiger partial charge in [-0.05, 0) is 36.1 Å². The highest BCUT2D eigenvalue weighted by molar-refractivity contribution is 7.80. The first kappa shape index (κ1) is 18.0. The van der Waals surface area contributed by atoms with Gasteiger partial charge in [0, 0.05) is 5.02 Å². The minimum absolute atomic E-state index is 0.134. The van der Waals surface area contributed by atoms with E-state index in [0.29, 0.717) is 16.3 Å². The lowest BCUT2D eigenvalue weighted by Crippen LogP contribution is -2.38. The maximum absolute atomic E-state index is 12.8. The highest BCUT2D eigenvalue weighted by Gasteiger charge is 2.42. The second kappa shape index (κ2) is 6.83. The quantitative estimate of drug-likeness (QED) is 0.795. The Labute approximate surface area is 132 Å². The first-order chi connectivity index (χ1) is 9.54. The molecular formula is C14H17ClF3NOS. The molecule has 1 unspecified atom stereocenters. The summed E-state index contributed by atoms with van der Waals surface area (Å²) in [6, 6.07) is 3.34. The van der Waals surface area contributed by atoms with Crippen molar-refractivity contribution in [2.24, 2.45) is 11.7 Å². The number of aryl methyl sites for hydroxylation is 1. The molecule has 21 heavy (non-hydrogen) atoms. The second-order valence-electron chi connectivity index (χ2n) is 5.10. The van der Waals surface area contributed by atoms with E-state index in [1.165, 1.54) is 0 Å². The van der Waals surface area contributed by atoms with Crippen LogP contribution >= 0.6 is 23.8 Å². The van der Waals surface area contributed by atoms with Gasteiger partial charge in [0.1, 0.15) is 18.3 Å². The highest BCUT2D eigenvalue weighted by Crippen LogP contribution is 2.33. The summed E-state index contributed by atoms with van der Waals surface area (Å²) in [5, 5.41) is 0.566. The number of rotatable bonds is 5. The Morgan fingerprint density at radius 2 is 1.95 bits per heavy atom. The molecule has 0 spiro atoms. The summed E-state index contributed by atoms with van der Waals surface area (Å²) in [6.45, 7) is 4.95. The van der Waals surface area contributed by atoms with Gasteiger partial charge < -0.3 is 10.5 Å². The number of halogens is 4. The van der Waals surface area contributed by atoms with Crippen LogP contribution in [0.1, 0.15) is 30.9 Å². The lowest BCUT2D eigenvalue weighted by molar-refractivity contribution is -0.161. The fraction of sp³-hybridized carbons (Fsp3) is 0.500. The molecule has 0 aliphatic rings. The van der Waals surface area contributed by atoms with Crippen LogP contribution in [0.4, 0.5) is 13.2 Å². The molecule has 1 aromatic rings. The van der Waals surface area contributed by atoms with E-state index < -0.39 is 23.7 Å². The minimum atomic E-state index is -4.52. The zero-order valence-corrected chi connectivity index (χ0v) is 13.5. The smallest absolute Gasteiger partial charge is 0.401 e. The van der Waals surface area contributed by atoms with Gasteiger partial charge in [-0.3, -0.25) is 0 Å². The molecule has 7 heteroatoms. The molecule has 0 fully saturated rings. The van der Waals surface area contributed by atoms with Crippen LogP contribution in [0.15, 0.2) is 12.1 Å². The second-order valence-corrected chi connectivity index (χ2v) is 5.98. The molecule has 0 radical (unpaired) electrons. The van der Waals surface area contributed by atoms with Gasteiger partial charge in [0.05, 0.1) is 4.99 Å². The van der Waals surface area contributed by atoms with E-state index >= 15 is 0 Å². The standard InChI is InChI=1S/C14H17ClF3NOS/c1-7(2)9-5-12(8(3)4-11(9)15)20-6-10(13(19)21)14(16,17)18/h4-5,7,10H,6H2,1-3H3,(H2,19,21). The lowest BCUT2D eigenvalue weighted by atomic mass is 10.0. The summed E-state index contributed by atoms with van der Waals surface area (Å²) < 4.78 is 43.6. The van der Waals surface area contributed by atoms with Crippen molar-refractivity contribution in [3.05, 3.63) is 28.3 Å². The van der Waals surface area contributed by atoms with Crippen LogP contribution in [-0.4, -0.2) is 17.8 Å². The van der Waals surface area contributed by atoms with Gasteiger partial charge in [-0.1, -0.05) is 37.7 Å². The third-order valence-electron chi connectivity index (χ3n) is 3.06. The average Bonchev–Trinajstić information content (AvgIpc) is 2.29. The van der Waals surface area contributed by atoms with Crippen molar-refractivity contribution < 1.29 is 17.9 Å². The van der Waals surface area contributed by atoms with Gasteiger partial charge in [-0.2, -0.15) is 13.2 Å². The van der Waals surface area contributed by atoms with Crippen LogP contribution in [0.3, 0.4) is 0 Å². The van der Waals surface area contributed by atoms with Gasteiger partial charge in [-0.25, -0.2) is 0 Å². The van der Waals surface area contributed by atoms with E-state index in [4.69, 9.17) is 22.1 Å². The maximum Gasteiger partial charge on any atom is 0.401 e. The third kappa shape index (κ3) is 4.74. The van der Waals surface area contributed by atoms with Crippen LogP contribution in [0.25, 0.3) is 0 Å². The average molecular weight is 340 g/mol. The van der Waals surface area contributed by atoms with Crippen molar-refractivity contribution in [2.45, 2.75) is 32.9 Å². The molecule has 0 heterocycles. The molecule has 0 aliphatic heterocycles. The first-order valence-electron chi connectivity index (χ1n) is 6.33. The molecule has 0 saturated carbocycles. The molecule has 0 bridgehead atoms. The van der Waals surface area contributed by atoms with Crippen molar-refractivity contribution in [3.8, 4) is 5.75 Å². The number of nitrogens with two attached hydrogens (primary N) is 1. The predicted octanol–water partition coefficient (Wildman–Crippen LogP) is 4.62. The molecule has 2 nitrogen and oxygen atoms in total. The Balaban J connectivity index is 2.98. The van der Waals surface area contributed by atoms with Gasteiger partial charge in [0.25, 0.3) is 0 Å². The number of thiocarbonyl (C=S) groups is 1. The zero-order valence-electron chi connectivity index (χ0n) is 11.9. The normalized spacial score (nSPS) is 13.3. The summed E-state index contributed by atoms with van der Waals surface area (Å²) in [5.41, 5.74) is 6.61. The Kier molecular flexibility index (Phi) is 5.87. The lowest BCUT2D eigenvalue weighted by Gasteiger charge is -2.21. The monoisotopic (exact) mass is 339 g/mol. The summed E-state index contributed by atoms with van der Waals surface area (Å²) in [6.07, 6.45) is -4.52. The van der Waals surface area contributed by atoms with Crippen molar-refractivity contribution in [3.63, 3.8) is 0 Å². The van der Waals surface area contributed by atoms with Gasteiger partial charge >= 0.3 is 6.18 Å². The first-order valence-corrected chi connectivity index (χ1v) is 7.11. The molecule has 118 valence electrons. The molecular weight excluding hydrogens is 323 g/mol. The molecule has 1 atom stereocenters. The van der Waals surface area contributed by atoms with E-state index in [9.17, 15) is 13.2 Å². The van der Waals surface area contributed by atoms with E-state index in [-0.39, 0.29) is 5.92 Å². The van der Waals surface area contributed by atoms with Gasteiger partial charge in [0.15, 0.2) is 0 Å². The van der Waals surface area contributed by atoms with Crippen LogP contribution in [-0.2, 0) is 0 Å². The fourth-order valence-electron chi connectivity index (χ4n) is 1.78. The number of benzene rings is 1. The Morgan fingerprint density at radius 3 is 2.38 bits per heavy atom. The molecule has 0 aliphatic carbocycles. The van der Waals surface area contributed by atoms with Gasteiger partial charge in [-0.15, -0.1) is 0 Å². The Morgan fingerprint density at radius 1 is 1.38 bits per heavy atom. The topological polar surface area (TPSA) is 35.2 Å². The van der Waals surface area contributed by atoms with Crippen LogP contribution in [0, 0.1) is 12.8 Å². The van der Waals surface area contributed by atoms with E-state index in [2.05, 4.69) is 12.2 Å². The predicted molar refractivity (Wildman–Crippen MR) is 82.1 cm³/mol. The molecule has 1 aromatic carbocycles. The molecule has 0 saturated heterocycles. The molecule has 2 N–H and O–H groups in total. The van der Waals surface area contributed by atoms with Crippen molar-refractivity contribution in [1.82, 2.24) is 0 Å². The summed E-state index contributed by atoms with van der Waals surface area (Å²) in [4.78, 5) is -0.627. The third-order valence-corrected chi connectivity index (χ3v) is 3.67. The van der Waals surface area contributed by atoms with E-state index in [1.54, 1.807) is 19.1 Å².